The van der Waals surface area contributed by atoms with Crippen LogP contribution in [0.5, 0.6) is 0 Å². The Morgan fingerprint density at radius 2 is 1.71 bits per heavy atom. The number of rotatable bonds is 1. The summed E-state index contributed by atoms with van der Waals surface area (Å²) in [6, 6.07) is 0. The Morgan fingerprint density at radius 1 is 1.14 bits per heavy atom. The zero-order valence-electron chi connectivity index (χ0n) is 8.91. The summed E-state index contributed by atoms with van der Waals surface area (Å²) >= 11 is 0. The van der Waals surface area contributed by atoms with Crippen LogP contribution < -0.4 is 0 Å². The monoisotopic (exact) mass is 206 g/mol. The van der Waals surface area contributed by atoms with Crippen LogP contribution in [0.15, 0.2) is 23.3 Å². The van der Waals surface area contributed by atoms with Crippen LogP contribution >= 0.6 is 0 Å². The predicted molar refractivity (Wildman–Crippen MR) is 53.1 cm³/mol. The fraction of sp³-hybridized carbons (Fsp3) is 0.636. The van der Waals surface area contributed by atoms with E-state index in [4.69, 9.17) is 0 Å². The van der Waals surface area contributed by atoms with Gasteiger partial charge in [0, 0.05) is 5.57 Å². The molecule has 82 valence electrons. The highest BCUT2D eigenvalue weighted by Crippen LogP contribution is 2.33. The Bertz CT molecular complexity index is 221. The van der Waals surface area contributed by atoms with Crippen molar-refractivity contribution in [2.24, 2.45) is 0 Å². The molecule has 0 nitrogen and oxygen atoms in total. The molecule has 0 saturated carbocycles. The second-order valence-corrected chi connectivity index (χ2v) is 2.87. The van der Waals surface area contributed by atoms with Crippen molar-refractivity contribution in [2.45, 2.75) is 46.2 Å². The number of allylic oxidation sites excluding steroid dienone is 4. The number of hydrogen-bond acceptors (Lipinski definition) is 0. The van der Waals surface area contributed by atoms with Gasteiger partial charge in [0.15, 0.2) is 0 Å². The topological polar surface area (TPSA) is 0 Å². The molecular formula is C11H17F3. The maximum absolute atomic E-state index is 12.1. The summed E-state index contributed by atoms with van der Waals surface area (Å²) < 4.78 is 36.2. The van der Waals surface area contributed by atoms with Crippen molar-refractivity contribution in [3.05, 3.63) is 23.3 Å². The Hall–Kier alpha value is -0.730. The number of alkyl halides is 3. The van der Waals surface area contributed by atoms with Crippen molar-refractivity contribution < 1.29 is 13.2 Å². The molecule has 0 bridgehead atoms. The molecule has 1 aliphatic rings. The Morgan fingerprint density at radius 3 is 2.00 bits per heavy atom. The van der Waals surface area contributed by atoms with Gasteiger partial charge < -0.3 is 0 Å². The van der Waals surface area contributed by atoms with E-state index in [0.29, 0.717) is 6.42 Å². The lowest BCUT2D eigenvalue weighted by Crippen LogP contribution is -2.13. The van der Waals surface area contributed by atoms with Crippen LogP contribution in [0.4, 0.5) is 13.2 Å². The van der Waals surface area contributed by atoms with Crippen molar-refractivity contribution in [3.63, 3.8) is 0 Å². The number of hydrogen-bond donors (Lipinski definition) is 0. The van der Waals surface area contributed by atoms with E-state index >= 15 is 0 Å². The standard InChI is InChI=1S/C9H11F3.C2H6/c1-2-7-3-5-8(6-4-7)9(10,11)12;1-2/h3,5H,2,4,6H2,1H3;1-2H3. The molecule has 0 aliphatic heterocycles. The van der Waals surface area contributed by atoms with Crippen molar-refractivity contribution in [2.75, 3.05) is 0 Å². The van der Waals surface area contributed by atoms with Crippen molar-refractivity contribution >= 4 is 0 Å². The van der Waals surface area contributed by atoms with E-state index < -0.39 is 11.7 Å². The molecule has 0 amide bonds. The van der Waals surface area contributed by atoms with Gasteiger partial charge in [0.1, 0.15) is 0 Å². The normalized spacial score (nSPS) is 16.4. The van der Waals surface area contributed by atoms with Gasteiger partial charge in [-0.05, 0) is 19.3 Å². The molecule has 0 atom stereocenters. The summed E-state index contributed by atoms with van der Waals surface area (Å²) in [5, 5.41) is 0. The zero-order chi connectivity index (χ0) is 11.2. The molecule has 0 fully saturated rings. The molecule has 0 spiro atoms. The molecule has 3 heteroatoms. The van der Waals surface area contributed by atoms with Crippen molar-refractivity contribution in [1.29, 1.82) is 0 Å². The fourth-order valence-electron chi connectivity index (χ4n) is 1.21. The zero-order valence-corrected chi connectivity index (χ0v) is 8.91. The molecule has 0 heterocycles. The minimum Gasteiger partial charge on any atom is -0.166 e. The Kier molecular flexibility index (Phi) is 5.58. The van der Waals surface area contributed by atoms with E-state index in [1.54, 1.807) is 6.08 Å². The average molecular weight is 206 g/mol. The SMILES string of the molecule is CC.CCC1=CC=C(C(F)(F)F)CC1. The van der Waals surface area contributed by atoms with Gasteiger partial charge in [0.2, 0.25) is 0 Å². The highest BCUT2D eigenvalue weighted by Gasteiger charge is 2.33. The Labute approximate surface area is 83.5 Å². The van der Waals surface area contributed by atoms with Gasteiger partial charge in [-0.2, -0.15) is 13.2 Å². The molecule has 0 N–H and O–H groups in total. The van der Waals surface area contributed by atoms with Gasteiger partial charge in [0.25, 0.3) is 0 Å². The molecule has 0 aromatic carbocycles. The van der Waals surface area contributed by atoms with Crippen LogP contribution in [0.25, 0.3) is 0 Å². The van der Waals surface area contributed by atoms with Gasteiger partial charge in [0.05, 0.1) is 0 Å². The quantitative estimate of drug-likeness (QED) is 0.586. The second-order valence-electron chi connectivity index (χ2n) is 2.87. The molecule has 1 rings (SSSR count). The highest BCUT2D eigenvalue weighted by atomic mass is 19.4. The summed E-state index contributed by atoms with van der Waals surface area (Å²) in [7, 11) is 0. The van der Waals surface area contributed by atoms with E-state index in [9.17, 15) is 13.2 Å². The maximum atomic E-state index is 12.1. The van der Waals surface area contributed by atoms with Crippen LogP contribution in [-0.4, -0.2) is 6.18 Å². The predicted octanol–water partition coefficient (Wildman–Crippen LogP) is 4.63. The first-order valence-electron chi connectivity index (χ1n) is 5.00. The fourth-order valence-corrected chi connectivity index (χ4v) is 1.21. The molecule has 14 heavy (non-hydrogen) atoms. The van der Waals surface area contributed by atoms with Crippen LogP contribution in [0.1, 0.15) is 40.0 Å². The van der Waals surface area contributed by atoms with Gasteiger partial charge in [-0.3, -0.25) is 0 Å². The maximum Gasteiger partial charge on any atom is 0.412 e. The van der Waals surface area contributed by atoms with Crippen LogP contribution in [0, 0.1) is 0 Å². The van der Waals surface area contributed by atoms with E-state index in [-0.39, 0.29) is 6.42 Å². The molecule has 0 saturated heterocycles. The van der Waals surface area contributed by atoms with E-state index in [0.717, 1.165) is 12.0 Å². The van der Waals surface area contributed by atoms with Crippen LogP contribution in [0.3, 0.4) is 0 Å². The first-order valence-corrected chi connectivity index (χ1v) is 5.00. The van der Waals surface area contributed by atoms with Crippen LogP contribution in [-0.2, 0) is 0 Å². The van der Waals surface area contributed by atoms with E-state index in [2.05, 4.69) is 0 Å². The lowest BCUT2D eigenvalue weighted by molar-refractivity contribution is -0.0941. The highest BCUT2D eigenvalue weighted by molar-refractivity contribution is 5.26. The minimum atomic E-state index is -4.13. The van der Waals surface area contributed by atoms with E-state index in [1.165, 1.54) is 6.08 Å². The first-order chi connectivity index (χ1) is 6.54. The molecular weight excluding hydrogens is 189 g/mol. The van der Waals surface area contributed by atoms with Crippen LogP contribution in [0.2, 0.25) is 0 Å². The molecule has 0 radical (unpaired) electrons. The summed E-state index contributed by atoms with van der Waals surface area (Å²) in [6.45, 7) is 5.96. The largest absolute Gasteiger partial charge is 0.412 e. The van der Waals surface area contributed by atoms with Gasteiger partial charge >= 0.3 is 6.18 Å². The first kappa shape index (κ1) is 13.3. The average Bonchev–Trinajstić information content (AvgIpc) is 2.20. The molecule has 0 aromatic heterocycles. The molecule has 1 aliphatic carbocycles. The third-order valence-corrected chi connectivity index (χ3v) is 2.05. The lowest BCUT2D eigenvalue weighted by Gasteiger charge is -2.15. The summed E-state index contributed by atoms with van der Waals surface area (Å²) in [4.78, 5) is 0. The smallest absolute Gasteiger partial charge is 0.166 e. The second kappa shape index (κ2) is 5.89. The number of halogens is 3. The summed E-state index contributed by atoms with van der Waals surface area (Å²) in [6.07, 6.45) is 0.205. The van der Waals surface area contributed by atoms with Gasteiger partial charge in [-0.15, -0.1) is 0 Å². The third-order valence-electron chi connectivity index (χ3n) is 2.05. The van der Waals surface area contributed by atoms with E-state index in [1.807, 2.05) is 20.8 Å². The Balaban J connectivity index is 0.000000791. The van der Waals surface area contributed by atoms with Crippen molar-refractivity contribution in [1.82, 2.24) is 0 Å². The molecule has 0 aromatic rings. The minimum absolute atomic E-state index is 0.142. The lowest BCUT2D eigenvalue weighted by atomic mass is 9.97. The van der Waals surface area contributed by atoms with Gasteiger partial charge in [-0.25, -0.2) is 0 Å². The third kappa shape index (κ3) is 3.99. The van der Waals surface area contributed by atoms with Crippen molar-refractivity contribution in [3.8, 4) is 0 Å². The summed E-state index contributed by atoms with van der Waals surface area (Å²) in [5.41, 5.74) is 0.697. The van der Waals surface area contributed by atoms with Gasteiger partial charge in [-0.1, -0.05) is 38.5 Å². The molecule has 0 unspecified atom stereocenters. The summed E-state index contributed by atoms with van der Waals surface area (Å²) in [5.74, 6) is 0.